The van der Waals surface area contributed by atoms with E-state index in [4.69, 9.17) is 28.9 Å². The molecule has 3 rings (SSSR count). The van der Waals surface area contributed by atoms with Gasteiger partial charge in [-0.1, -0.05) is 29.3 Å². The first-order chi connectivity index (χ1) is 15.1. The Hall–Kier alpha value is -2.85. The molecule has 3 aromatic rings. The van der Waals surface area contributed by atoms with Gasteiger partial charge in [0.05, 0.1) is 33.3 Å². The Morgan fingerprint density at radius 3 is 2.41 bits per heavy atom. The van der Waals surface area contributed by atoms with E-state index in [-0.39, 0.29) is 32.6 Å². The summed E-state index contributed by atoms with van der Waals surface area (Å²) < 4.78 is 27.9. The molecule has 166 valence electrons. The van der Waals surface area contributed by atoms with Gasteiger partial charge in [-0.15, -0.1) is 17.9 Å². The Morgan fingerprint density at radius 2 is 1.78 bits per heavy atom. The SMILES string of the molecule is C=CCN(c1ccc(Cl)cc1)S(=O)(=O)c1ccc(Cl)c(C(=O)Nc2sccc2C(N)=O)c1. The lowest BCUT2D eigenvalue weighted by Crippen LogP contribution is -2.31. The lowest BCUT2D eigenvalue weighted by atomic mass is 10.2. The predicted molar refractivity (Wildman–Crippen MR) is 128 cm³/mol. The second kappa shape index (κ2) is 9.74. The summed E-state index contributed by atoms with van der Waals surface area (Å²) in [6, 6.07) is 11.5. The standard InChI is InChI=1S/C21H17Cl2N3O4S2/c1-2-10-26(14-5-3-13(22)4-6-14)32(29,30)15-7-8-18(23)17(12-15)20(28)25-21-16(19(24)27)9-11-31-21/h2-9,11-12H,1,10H2,(H2,24,27)(H,25,28). The van der Waals surface area contributed by atoms with E-state index < -0.39 is 21.8 Å². The number of primary amides is 1. The molecule has 11 heteroatoms. The van der Waals surface area contributed by atoms with Crippen molar-refractivity contribution in [2.45, 2.75) is 4.90 Å². The van der Waals surface area contributed by atoms with Crippen LogP contribution in [0.15, 0.2) is 71.5 Å². The summed E-state index contributed by atoms with van der Waals surface area (Å²) >= 11 is 13.2. The zero-order valence-corrected chi connectivity index (χ0v) is 19.6. The number of sulfonamides is 1. The van der Waals surface area contributed by atoms with Crippen molar-refractivity contribution in [3.8, 4) is 0 Å². The van der Waals surface area contributed by atoms with Gasteiger partial charge in [0.2, 0.25) is 0 Å². The molecule has 0 aliphatic heterocycles. The van der Waals surface area contributed by atoms with E-state index in [9.17, 15) is 18.0 Å². The van der Waals surface area contributed by atoms with Gasteiger partial charge in [0.1, 0.15) is 5.00 Å². The second-order valence-corrected chi connectivity index (χ2v) is 10.0. The molecular formula is C21H17Cl2N3O4S2. The number of hydrogen-bond donors (Lipinski definition) is 2. The monoisotopic (exact) mass is 509 g/mol. The van der Waals surface area contributed by atoms with E-state index in [0.29, 0.717) is 10.7 Å². The van der Waals surface area contributed by atoms with Crippen molar-refractivity contribution in [2.24, 2.45) is 5.73 Å². The Morgan fingerprint density at radius 1 is 1.09 bits per heavy atom. The highest BCUT2D eigenvalue weighted by Crippen LogP contribution is 2.29. The van der Waals surface area contributed by atoms with Gasteiger partial charge >= 0.3 is 0 Å². The molecule has 0 unspecified atom stereocenters. The average Bonchev–Trinajstić information content (AvgIpc) is 3.21. The minimum atomic E-state index is -4.08. The van der Waals surface area contributed by atoms with Crippen molar-refractivity contribution in [1.82, 2.24) is 0 Å². The third-order valence-corrected chi connectivity index (χ3v) is 7.54. The van der Waals surface area contributed by atoms with Gasteiger partial charge < -0.3 is 11.1 Å². The molecule has 1 aromatic heterocycles. The number of nitrogens with two attached hydrogens (primary N) is 1. The van der Waals surface area contributed by atoms with Crippen LogP contribution in [0, 0.1) is 0 Å². The average molecular weight is 510 g/mol. The van der Waals surface area contributed by atoms with Gasteiger partial charge in [0.25, 0.3) is 21.8 Å². The molecule has 0 radical (unpaired) electrons. The van der Waals surface area contributed by atoms with Crippen LogP contribution < -0.4 is 15.4 Å². The lowest BCUT2D eigenvalue weighted by molar-refractivity contribution is 0.100. The predicted octanol–water partition coefficient (Wildman–Crippen LogP) is 4.79. The van der Waals surface area contributed by atoms with E-state index in [2.05, 4.69) is 11.9 Å². The summed E-state index contributed by atoms with van der Waals surface area (Å²) in [4.78, 5) is 24.2. The highest BCUT2D eigenvalue weighted by atomic mass is 35.5. The van der Waals surface area contributed by atoms with Crippen LogP contribution in [0.3, 0.4) is 0 Å². The molecule has 2 aromatic carbocycles. The summed E-state index contributed by atoms with van der Waals surface area (Å²) in [5.41, 5.74) is 5.74. The fourth-order valence-electron chi connectivity index (χ4n) is 2.80. The van der Waals surface area contributed by atoms with Crippen LogP contribution in [0.25, 0.3) is 0 Å². The summed E-state index contributed by atoms with van der Waals surface area (Å²) in [5.74, 6) is -1.38. The molecule has 7 nitrogen and oxygen atoms in total. The number of anilines is 2. The molecular weight excluding hydrogens is 493 g/mol. The molecule has 0 spiro atoms. The minimum absolute atomic E-state index is 0.00864. The smallest absolute Gasteiger partial charge is 0.264 e. The third-order valence-electron chi connectivity index (χ3n) is 4.34. The fourth-order valence-corrected chi connectivity index (χ4v) is 5.38. The Balaban J connectivity index is 1.99. The van der Waals surface area contributed by atoms with Crippen molar-refractivity contribution in [3.05, 3.63) is 87.7 Å². The Kier molecular flexibility index (Phi) is 7.25. The zero-order chi connectivity index (χ0) is 23.5. The molecule has 0 saturated carbocycles. The number of nitrogens with zero attached hydrogens (tertiary/aromatic N) is 1. The van der Waals surface area contributed by atoms with E-state index in [0.717, 1.165) is 15.6 Å². The fraction of sp³-hybridized carbons (Fsp3) is 0.0476. The summed E-state index contributed by atoms with van der Waals surface area (Å²) in [6.07, 6.45) is 1.44. The molecule has 1 heterocycles. The largest absolute Gasteiger partial charge is 0.366 e. The molecule has 0 aliphatic rings. The summed E-state index contributed by atoms with van der Waals surface area (Å²) in [6.45, 7) is 3.61. The minimum Gasteiger partial charge on any atom is -0.366 e. The van der Waals surface area contributed by atoms with Gasteiger partial charge in [-0.25, -0.2) is 8.42 Å². The number of benzene rings is 2. The molecule has 0 aliphatic carbocycles. The second-order valence-electron chi connectivity index (χ2n) is 6.42. The number of thiophene rings is 1. The van der Waals surface area contributed by atoms with Crippen molar-refractivity contribution >= 4 is 67.1 Å². The van der Waals surface area contributed by atoms with Crippen LogP contribution in [0.4, 0.5) is 10.7 Å². The van der Waals surface area contributed by atoms with Gasteiger partial charge in [0, 0.05) is 5.02 Å². The van der Waals surface area contributed by atoms with E-state index in [1.54, 1.807) is 29.6 Å². The maximum atomic E-state index is 13.4. The quantitative estimate of drug-likeness (QED) is 0.425. The Labute approximate surface area is 199 Å². The first kappa shape index (κ1) is 23.8. The first-order valence-corrected chi connectivity index (χ1v) is 12.1. The van der Waals surface area contributed by atoms with Crippen LogP contribution in [0.5, 0.6) is 0 Å². The molecule has 32 heavy (non-hydrogen) atoms. The van der Waals surface area contributed by atoms with Gasteiger partial charge in [-0.2, -0.15) is 0 Å². The summed E-state index contributed by atoms with van der Waals surface area (Å²) in [5, 5.41) is 4.89. The number of carbonyl (C=O) groups is 2. The molecule has 0 saturated heterocycles. The molecule has 3 N–H and O–H groups in total. The number of amides is 2. The van der Waals surface area contributed by atoms with Crippen LogP contribution >= 0.6 is 34.5 Å². The van der Waals surface area contributed by atoms with Crippen LogP contribution in [0.1, 0.15) is 20.7 Å². The van der Waals surface area contributed by atoms with Crippen molar-refractivity contribution in [1.29, 1.82) is 0 Å². The van der Waals surface area contributed by atoms with Crippen molar-refractivity contribution in [2.75, 3.05) is 16.2 Å². The normalized spacial score (nSPS) is 11.1. The zero-order valence-electron chi connectivity index (χ0n) is 16.4. The number of halogens is 2. The topological polar surface area (TPSA) is 110 Å². The lowest BCUT2D eigenvalue weighted by Gasteiger charge is -2.23. The number of carbonyl (C=O) groups excluding carboxylic acids is 2. The highest BCUT2D eigenvalue weighted by molar-refractivity contribution is 7.92. The number of rotatable bonds is 8. The summed E-state index contributed by atoms with van der Waals surface area (Å²) in [7, 11) is -4.08. The third kappa shape index (κ3) is 4.97. The van der Waals surface area contributed by atoms with Crippen molar-refractivity contribution in [3.63, 3.8) is 0 Å². The van der Waals surface area contributed by atoms with Gasteiger partial charge in [-0.3, -0.25) is 13.9 Å². The highest BCUT2D eigenvalue weighted by Gasteiger charge is 2.26. The molecule has 0 fully saturated rings. The molecule has 2 amide bonds. The van der Waals surface area contributed by atoms with Crippen LogP contribution in [-0.4, -0.2) is 26.8 Å². The number of nitrogens with one attached hydrogen (secondary N) is 1. The van der Waals surface area contributed by atoms with Gasteiger partial charge in [-0.05, 0) is 53.9 Å². The van der Waals surface area contributed by atoms with E-state index >= 15 is 0 Å². The van der Waals surface area contributed by atoms with E-state index in [1.807, 2.05) is 0 Å². The maximum absolute atomic E-state index is 13.4. The molecule has 0 bridgehead atoms. The maximum Gasteiger partial charge on any atom is 0.264 e. The van der Waals surface area contributed by atoms with E-state index in [1.165, 1.54) is 30.3 Å². The number of hydrogen-bond acceptors (Lipinski definition) is 5. The van der Waals surface area contributed by atoms with Crippen molar-refractivity contribution < 1.29 is 18.0 Å². The first-order valence-electron chi connectivity index (χ1n) is 9.02. The molecule has 0 atom stereocenters. The van der Waals surface area contributed by atoms with Crippen LogP contribution in [0.2, 0.25) is 10.0 Å². The van der Waals surface area contributed by atoms with Gasteiger partial charge in [0.15, 0.2) is 0 Å². The Bertz CT molecular complexity index is 1290. The van der Waals surface area contributed by atoms with Crippen LogP contribution in [-0.2, 0) is 10.0 Å².